The van der Waals surface area contributed by atoms with Crippen LogP contribution in [0, 0.1) is 0 Å². The van der Waals surface area contributed by atoms with Gasteiger partial charge in [-0.2, -0.15) is 0 Å². The Labute approximate surface area is 360 Å². The van der Waals surface area contributed by atoms with Gasteiger partial charge in [-0.1, -0.05) is 218 Å². The van der Waals surface area contributed by atoms with Crippen molar-refractivity contribution in [3.8, 4) is 67.0 Å². The van der Waals surface area contributed by atoms with Crippen LogP contribution in [0.3, 0.4) is 0 Å². The summed E-state index contributed by atoms with van der Waals surface area (Å²) in [7, 11) is 0. The first-order valence-electron chi connectivity index (χ1n) is 21.2. The number of rotatable bonds is 6. The molecule has 0 fully saturated rings. The van der Waals surface area contributed by atoms with E-state index in [0.717, 1.165) is 44.3 Å². The molecule has 0 atom stereocenters. The summed E-state index contributed by atoms with van der Waals surface area (Å²) in [5.74, 6) is 0. The second-order valence-electron chi connectivity index (χ2n) is 16.0. The highest BCUT2D eigenvalue weighted by atomic mass is 14.7. The van der Waals surface area contributed by atoms with E-state index in [0.29, 0.717) is 0 Å². The standard InChI is InChI=1S/C60H38N2/c1-3-15-39(16-4-1)47-23-13-25-53-57(47)51-21-9-11-27-55(51)61-59(53)43-33-29-41(30-34-43)45-37-38-46(50-20-8-7-19-49(45)50)42-31-35-44(36-32-42)60-54-26-14-24-48(40-17-5-2-6-18-40)58(54)52-22-10-12-28-56(52)62-60/h1-38H. The number of hydrogen-bond donors (Lipinski definition) is 0. The van der Waals surface area contributed by atoms with Gasteiger partial charge in [0, 0.05) is 43.4 Å². The summed E-state index contributed by atoms with van der Waals surface area (Å²) in [4.78, 5) is 10.5. The van der Waals surface area contributed by atoms with E-state index in [1.54, 1.807) is 0 Å². The smallest absolute Gasteiger partial charge is 0.0788 e. The van der Waals surface area contributed by atoms with Gasteiger partial charge < -0.3 is 0 Å². The van der Waals surface area contributed by atoms with Crippen molar-refractivity contribution in [2.24, 2.45) is 0 Å². The zero-order valence-corrected chi connectivity index (χ0v) is 33.8. The Kier molecular flexibility index (Phi) is 8.53. The maximum atomic E-state index is 5.27. The van der Waals surface area contributed by atoms with Crippen LogP contribution in [0.4, 0.5) is 0 Å². The number of aromatic nitrogens is 2. The van der Waals surface area contributed by atoms with Crippen molar-refractivity contribution in [2.75, 3.05) is 0 Å². The van der Waals surface area contributed by atoms with Crippen LogP contribution in [0.5, 0.6) is 0 Å². The Morgan fingerprint density at radius 1 is 0.194 bits per heavy atom. The predicted octanol–water partition coefficient (Wildman–Crippen LogP) is 16.2. The topological polar surface area (TPSA) is 25.8 Å². The SMILES string of the molecule is c1ccc(-c2cccc3c(-c4ccc(-c5ccc(-c6ccc(-c7nc8ccccc8c8c(-c9ccccc9)cccc78)cc6)c6ccccc56)cc4)nc4ccccc4c23)cc1. The van der Waals surface area contributed by atoms with Gasteiger partial charge in [-0.15, -0.1) is 0 Å². The molecule has 0 saturated heterocycles. The predicted molar refractivity (Wildman–Crippen MR) is 262 cm³/mol. The minimum atomic E-state index is 0.996. The van der Waals surface area contributed by atoms with E-state index in [4.69, 9.17) is 9.97 Å². The zero-order valence-electron chi connectivity index (χ0n) is 33.8. The summed E-state index contributed by atoms with van der Waals surface area (Å²) >= 11 is 0. The molecular formula is C60H38N2. The molecule has 0 aliphatic rings. The van der Waals surface area contributed by atoms with Crippen LogP contribution < -0.4 is 0 Å². The van der Waals surface area contributed by atoms with Crippen LogP contribution in [-0.2, 0) is 0 Å². The number of pyridine rings is 2. The molecule has 12 aromatic rings. The third kappa shape index (κ3) is 5.96. The lowest BCUT2D eigenvalue weighted by Crippen LogP contribution is -1.92. The molecule has 0 saturated carbocycles. The van der Waals surface area contributed by atoms with Crippen molar-refractivity contribution in [3.63, 3.8) is 0 Å². The molecule has 2 aromatic heterocycles. The molecule has 0 aliphatic carbocycles. The molecule has 288 valence electrons. The fourth-order valence-electron chi connectivity index (χ4n) is 9.58. The van der Waals surface area contributed by atoms with Crippen LogP contribution in [0.1, 0.15) is 0 Å². The van der Waals surface area contributed by atoms with Gasteiger partial charge >= 0.3 is 0 Å². The molecule has 10 aromatic carbocycles. The molecule has 2 nitrogen and oxygen atoms in total. The maximum Gasteiger partial charge on any atom is 0.0788 e. The molecule has 2 heteroatoms. The average Bonchev–Trinajstić information content (AvgIpc) is 3.36. The van der Waals surface area contributed by atoms with Crippen LogP contribution in [-0.4, -0.2) is 9.97 Å². The fourth-order valence-corrected chi connectivity index (χ4v) is 9.58. The monoisotopic (exact) mass is 786 g/mol. The normalized spacial score (nSPS) is 11.5. The second kappa shape index (κ2) is 14.8. The third-order valence-corrected chi connectivity index (χ3v) is 12.5. The van der Waals surface area contributed by atoms with E-state index in [-0.39, 0.29) is 0 Å². The van der Waals surface area contributed by atoms with Crippen LogP contribution >= 0.6 is 0 Å². The Morgan fingerprint density at radius 3 is 0.935 bits per heavy atom. The number of nitrogens with zero attached hydrogens (tertiary/aromatic N) is 2. The molecule has 12 rings (SSSR count). The zero-order chi connectivity index (χ0) is 41.0. The summed E-state index contributed by atoms with van der Waals surface area (Å²) in [6.07, 6.45) is 0. The van der Waals surface area contributed by atoms with Gasteiger partial charge in [0.1, 0.15) is 0 Å². The lowest BCUT2D eigenvalue weighted by molar-refractivity contribution is 1.42. The molecule has 62 heavy (non-hydrogen) atoms. The van der Waals surface area contributed by atoms with Crippen molar-refractivity contribution in [3.05, 3.63) is 231 Å². The highest BCUT2D eigenvalue weighted by molar-refractivity contribution is 6.18. The summed E-state index contributed by atoms with van der Waals surface area (Å²) in [5.41, 5.74) is 15.8. The van der Waals surface area contributed by atoms with E-state index in [9.17, 15) is 0 Å². The van der Waals surface area contributed by atoms with E-state index in [1.807, 2.05) is 0 Å². The van der Waals surface area contributed by atoms with E-state index >= 15 is 0 Å². The first-order chi connectivity index (χ1) is 30.8. The van der Waals surface area contributed by atoms with Gasteiger partial charge in [-0.3, -0.25) is 0 Å². The van der Waals surface area contributed by atoms with Crippen molar-refractivity contribution in [1.82, 2.24) is 9.97 Å². The van der Waals surface area contributed by atoms with Crippen molar-refractivity contribution >= 4 is 54.1 Å². The van der Waals surface area contributed by atoms with Gasteiger partial charge in [-0.05, 0) is 67.4 Å². The molecule has 0 spiro atoms. The quantitative estimate of drug-likeness (QED) is 0.157. The Balaban J connectivity index is 0.922. The first-order valence-corrected chi connectivity index (χ1v) is 21.2. The van der Waals surface area contributed by atoms with E-state index in [1.165, 1.54) is 76.8 Å². The molecule has 0 bridgehead atoms. The van der Waals surface area contributed by atoms with E-state index in [2.05, 4.69) is 231 Å². The van der Waals surface area contributed by atoms with Crippen LogP contribution in [0.15, 0.2) is 231 Å². The Morgan fingerprint density at radius 2 is 0.516 bits per heavy atom. The molecule has 0 aliphatic heterocycles. The molecule has 2 heterocycles. The van der Waals surface area contributed by atoms with Gasteiger partial charge in [0.2, 0.25) is 0 Å². The van der Waals surface area contributed by atoms with Crippen LogP contribution in [0.25, 0.3) is 121 Å². The molecule has 0 radical (unpaired) electrons. The number of fused-ring (bicyclic) bond motifs is 7. The Bertz CT molecular complexity index is 3400. The number of hydrogen-bond acceptors (Lipinski definition) is 2. The second-order valence-corrected chi connectivity index (χ2v) is 16.0. The minimum absolute atomic E-state index is 0.996. The minimum Gasteiger partial charge on any atom is -0.247 e. The molecular weight excluding hydrogens is 749 g/mol. The largest absolute Gasteiger partial charge is 0.247 e. The highest BCUT2D eigenvalue weighted by Gasteiger charge is 2.17. The number of benzene rings is 10. The highest BCUT2D eigenvalue weighted by Crippen LogP contribution is 2.42. The van der Waals surface area contributed by atoms with Crippen molar-refractivity contribution < 1.29 is 0 Å². The Hall–Kier alpha value is -8.20. The summed E-state index contributed by atoms with van der Waals surface area (Å²) in [6, 6.07) is 82.8. The summed E-state index contributed by atoms with van der Waals surface area (Å²) in [5, 5.41) is 9.55. The van der Waals surface area contributed by atoms with Crippen molar-refractivity contribution in [2.45, 2.75) is 0 Å². The lowest BCUT2D eigenvalue weighted by atomic mass is 9.90. The first kappa shape index (κ1) is 35.7. The van der Waals surface area contributed by atoms with Crippen LogP contribution in [0.2, 0.25) is 0 Å². The fraction of sp³-hybridized carbons (Fsp3) is 0. The van der Waals surface area contributed by atoms with Crippen molar-refractivity contribution in [1.29, 1.82) is 0 Å². The average molecular weight is 787 g/mol. The van der Waals surface area contributed by atoms with E-state index < -0.39 is 0 Å². The molecule has 0 amide bonds. The van der Waals surface area contributed by atoms with Gasteiger partial charge in [-0.25, -0.2) is 9.97 Å². The molecule has 0 N–H and O–H groups in total. The summed E-state index contributed by atoms with van der Waals surface area (Å²) in [6.45, 7) is 0. The molecule has 0 unspecified atom stereocenters. The van der Waals surface area contributed by atoms with Gasteiger partial charge in [0.25, 0.3) is 0 Å². The van der Waals surface area contributed by atoms with Gasteiger partial charge in [0.05, 0.1) is 22.4 Å². The van der Waals surface area contributed by atoms with Gasteiger partial charge in [0.15, 0.2) is 0 Å². The summed E-state index contributed by atoms with van der Waals surface area (Å²) < 4.78 is 0. The number of para-hydroxylation sites is 2. The maximum absolute atomic E-state index is 5.27. The third-order valence-electron chi connectivity index (χ3n) is 12.5. The lowest BCUT2D eigenvalue weighted by Gasteiger charge is -2.16.